The molecule has 0 unspecified atom stereocenters. The van der Waals surface area contributed by atoms with Crippen molar-refractivity contribution in [1.29, 1.82) is 0 Å². The normalized spacial score (nSPS) is 11.9. The zero-order chi connectivity index (χ0) is 37.5. The van der Waals surface area contributed by atoms with Gasteiger partial charge in [0.2, 0.25) is 0 Å². The molecule has 0 bridgehead atoms. The average molecular weight is 726 g/mol. The van der Waals surface area contributed by atoms with Crippen LogP contribution in [0.2, 0.25) is 0 Å². The van der Waals surface area contributed by atoms with Crippen molar-refractivity contribution in [2.45, 2.75) is 0 Å². The van der Waals surface area contributed by atoms with E-state index in [1.165, 1.54) is 87.7 Å². The summed E-state index contributed by atoms with van der Waals surface area (Å²) in [6.45, 7) is 0. The topological polar surface area (TPSA) is 14.8 Å². The Morgan fingerprint density at radius 2 is 0.702 bits per heavy atom. The molecule has 0 aliphatic heterocycles. The molecule has 266 valence electrons. The molecule has 3 aromatic heterocycles. The SMILES string of the molecule is c1ccc(-c2ccc3c(c2-c2cccc4c2c2ccccc2n4-c2ccc4c(c2)c2ccccc2n4-c2ccccc2)c2ccccc2n3-c2ccccc2)cc1. The van der Waals surface area contributed by atoms with Gasteiger partial charge in [0.05, 0.1) is 33.1 Å². The number of rotatable bonds is 5. The molecule has 0 atom stereocenters. The van der Waals surface area contributed by atoms with E-state index in [1.54, 1.807) is 0 Å². The zero-order valence-corrected chi connectivity index (χ0v) is 31.0. The number of para-hydroxylation sites is 5. The summed E-state index contributed by atoms with van der Waals surface area (Å²) in [5.41, 5.74) is 15.5. The molecule has 12 rings (SSSR count). The molecule has 0 saturated carbocycles. The maximum Gasteiger partial charge on any atom is 0.0547 e. The van der Waals surface area contributed by atoms with Crippen molar-refractivity contribution in [3.8, 4) is 39.3 Å². The van der Waals surface area contributed by atoms with E-state index in [0.29, 0.717) is 0 Å². The first-order valence-corrected chi connectivity index (χ1v) is 19.6. The summed E-state index contributed by atoms with van der Waals surface area (Å²) in [5.74, 6) is 0. The van der Waals surface area contributed by atoms with E-state index in [9.17, 15) is 0 Å². The fourth-order valence-electron chi connectivity index (χ4n) is 9.51. The Morgan fingerprint density at radius 1 is 0.246 bits per heavy atom. The highest BCUT2D eigenvalue weighted by atomic mass is 15.0. The van der Waals surface area contributed by atoms with Gasteiger partial charge in [-0.25, -0.2) is 0 Å². The predicted molar refractivity (Wildman–Crippen MR) is 240 cm³/mol. The lowest BCUT2D eigenvalue weighted by Crippen LogP contribution is -1.96. The van der Waals surface area contributed by atoms with Gasteiger partial charge in [-0.2, -0.15) is 0 Å². The number of hydrogen-bond donors (Lipinski definition) is 0. The minimum absolute atomic E-state index is 1.14. The molecule has 3 heterocycles. The summed E-state index contributed by atoms with van der Waals surface area (Å²) in [4.78, 5) is 0. The first-order valence-electron chi connectivity index (χ1n) is 19.6. The van der Waals surface area contributed by atoms with Gasteiger partial charge in [-0.05, 0) is 89.5 Å². The van der Waals surface area contributed by atoms with Crippen molar-refractivity contribution in [1.82, 2.24) is 13.7 Å². The van der Waals surface area contributed by atoms with Crippen LogP contribution in [-0.2, 0) is 0 Å². The fraction of sp³-hybridized carbons (Fsp3) is 0. The summed E-state index contributed by atoms with van der Waals surface area (Å²) in [5, 5.41) is 7.46. The fourth-order valence-corrected chi connectivity index (χ4v) is 9.51. The highest BCUT2D eigenvalue weighted by Gasteiger charge is 2.24. The first kappa shape index (κ1) is 31.7. The van der Waals surface area contributed by atoms with E-state index in [0.717, 1.165) is 17.1 Å². The molecular weight excluding hydrogens is 691 g/mol. The molecule has 0 spiro atoms. The lowest BCUT2D eigenvalue weighted by atomic mass is 9.88. The second-order valence-corrected chi connectivity index (χ2v) is 14.9. The van der Waals surface area contributed by atoms with Gasteiger partial charge >= 0.3 is 0 Å². The van der Waals surface area contributed by atoms with E-state index in [1.807, 2.05) is 0 Å². The van der Waals surface area contributed by atoms with Crippen molar-refractivity contribution in [3.63, 3.8) is 0 Å². The number of aromatic nitrogens is 3. The Balaban J connectivity index is 1.19. The molecule has 0 aliphatic rings. The third-order valence-corrected chi connectivity index (χ3v) is 11.8. The minimum atomic E-state index is 1.14. The highest BCUT2D eigenvalue weighted by molar-refractivity contribution is 6.24. The molecule has 3 heteroatoms. The van der Waals surface area contributed by atoms with E-state index in [4.69, 9.17) is 0 Å². The summed E-state index contributed by atoms with van der Waals surface area (Å²) >= 11 is 0. The van der Waals surface area contributed by atoms with Crippen LogP contribution >= 0.6 is 0 Å². The van der Waals surface area contributed by atoms with Gasteiger partial charge in [0.25, 0.3) is 0 Å². The molecule has 0 saturated heterocycles. The molecule has 0 N–H and O–H groups in total. The van der Waals surface area contributed by atoms with Crippen LogP contribution in [0, 0.1) is 0 Å². The van der Waals surface area contributed by atoms with Crippen molar-refractivity contribution < 1.29 is 0 Å². The molecule has 0 aliphatic carbocycles. The van der Waals surface area contributed by atoms with Gasteiger partial charge in [0.1, 0.15) is 0 Å². The molecular formula is C54H35N3. The van der Waals surface area contributed by atoms with Crippen LogP contribution < -0.4 is 0 Å². The Morgan fingerprint density at radius 3 is 1.37 bits per heavy atom. The summed E-state index contributed by atoms with van der Waals surface area (Å²) in [6, 6.07) is 77.4. The second kappa shape index (κ2) is 12.5. The summed E-state index contributed by atoms with van der Waals surface area (Å²) in [7, 11) is 0. The Kier molecular flexibility index (Phi) is 6.93. The molecule has 57 heavy (non-hydrogen) atoms. The van der Waals surface area contributed by atoms with Crippen molar-refractivity contribution in [2.24, 2.45) is 0 Å². The smallest absolute Gasteiger partial charge is 0.0547 e. The summed E-state index contributed by atoms with van der Waals surface area (Å²) in [6.07, 6.45) is 0. The first-order chi connectivity index (χ1) is 28.3. The van der Waals surface area contributed by atoms with Crippen LogP contribution in [0.4, 0.5) is 0 Å². The quantitative estimate of drug-likeness (QED) is 0.168. The van der Waals surface area contributed by atoms with E-state index in [2.05, 4.69) is 226 Å². The number of fused-ring (bicyclic) bond motifs is 9. The molecule has 0 amide bonds. The summed E-state index contributed by atoms with van der Waals surface area (Å²) < 4.78 is 7.28. The largest absolute Gasteiger partial charge is 0.309 e. The van der Waals surface area contributed by atoms with Gasteiger partial charge in [0, 0.05) is 54.9 Å². The Hall–Kier alpha value is -7.62. The van der Waals surface area contributed by atoms with E-state index < -0.39 is 0 Å². The number of nitrogens with zero attached hydrogens (tertiary/aromatic N) is 3. The molecule has 9 aromatic carbocycles. The predicted octanol–water partition coefficient (Wildman–Crippen LogP) is 14.3. The monoisotopic (exact) mass is 725 g/mol. The van der Waals surface area contributed by atoms with Crippen molar-refractivity contribution >= 4 is 65.4 Å². The molecule has 12 aromatic rings. The van der Waals surface area contributed by atoms with E-state index >= 15 is 0 Å². The third kappa shape index (κ3) is 4.66. The lowest BCUT2D eigenvalue weighted by Gasteiger charge is -2.16. The van der Waals surface area contributed by atoms with Crippen LogP contribution in [-0.4, -0.2) is 13.7 Å². The van der Waals surface area contributed by atoms with Gasteiger partial charge < -0.3 is 13.7 Å². The van der Waals surface area contributed by atoms with Crippen molar-refractivity contribution in [2.75, 3.05) is 0 Å². The molecule has 0 fully saturated rings. The van der Waals surface area contributed by atoms with Crippen LogP contribution in [0.5, 0.6) is 0 Å². The zero-order valence-electron chi connectivity index (χ0n) is 31.0. The standard InChI is InChI=1S/C54H35N3/c1-4-17-36(18-5-1)40-32-34-51-54(43-25-12-15-29-48(43)56(51)38-21-8-3-9-22-38)53(40)44-26-16-30-50-52(44)42-24-11-14-28-47(42)57(50)39-31-33-49-45(35-39)41-23-10-13-27-46(41)55(49)37-19-6-2-7-20-37/h1-35H. The number of benzene rings is 9. The Bertz CT molecular complexity index is 3500. The second-order valence-electron chi connectivity index (χ2n) is 14.9. The molecule has 3 nitrogen and oxygen atoms in total. The van der Waals surface area contributed by atoms with Crippen LogP contribution in [0.1, 0.15) is 0 Å². The van der Waals surface area contributed by atoms with E-state index in [-0.39, 0.29) is 0 Å². The highest BCUT2D eigenvalue weighted by Crippen LogP contribution is 2.48. The lowest BCUT2D eigenvalue weighted by molar-refractivity contribution is 1.17. The van der Waals surface area contributed by atoms with Gasteiger partial charge in [-0.15, -0.1) is 0 Å². The average Bonchev–Trinajstić information content (AvgIpc) is 3.93. The van der Waals surface area contributed by atoms with Gasteiger partial charge in [-0.3, -0.25) is 0 Å². The van der Waals surface area contributed by atoms with Crippen LogP contribution in [0.25, 0.3) is 105 Å². The maximum absolute atomic E-state index is 2.47. The Labute approximate surface area is 329 Å². The van der Waals surface area contributed by atoms with Crippen LogP contribution in [0.15, 0.2) is 212 Å². The van der Waals surface area contributed by atoms with Crippen molar-refractivity contribution in [3.05, 3.63) is 212 Å². The maximum atomic E-state index is 2.47. The van der Waals surface area contributed by atoms with Crippen LogP contribution in [0.3, 0.4) is 0 Å². The van der Waals surface area contributed by atoms with Gasteiger partial charge in [-0.1, -0.05) is 140 Å². The number of hydrogen-bond acceptors (Lipinski definition) is 0. The minimum Gasteiger partial charge on any atom is -0.309 e. The molecule has 0 radical (unpaired) electrons. The third-order valence-electron chi connectivity index (χ3n) is 11.8. The van der Waals surface area contributed by atoms with Gasteiger partial charge in [0.15, 0.2) is 0 Å².